The zero-order chi connectivity index (χ0) is 22.3. The lowest BCUT2D eigenvalue weighted by Gasteiger charge is -2.25. The zero-order valence-electron chi connectivity index (χ0n) is 19.5. The predicted octanol–water partition coefficient (Wildman–Crippen LogP) is 8.39. The van der Waals surface area contributed by atoms with E-state index in [-0.39, 0.29) is 10.8 Å². The molecule has 4 aromatic carbocycles. The molecule has 0 fully saturated rings. The minimum Gasteiger partial charge on any atom is -0.309 e. The molecule has 0 bridgehead atoms. The Morgan fingerprint density at radius 1 is 0.750 bits per heavy atom. The van der Waals surface area contributed by atoms with E-state index in [2.05, 4.69) is 124 Å². The van der Waals surface area contributed by atoms with E-state index < -0.39 is 0 Å². The summed E-state index contributed by atoms with van der Waals surface area (Å²) in [6, 6.07) is 31.4. The Bertz CT molecular complexity index is 1510. The minimum absolute atomic E-state index is 0.0751. The van der Waals surface area contributed by atoms with Crippen molar-refractivity contribution >= 4 is 21.7 Å². The number of rotatable bonds is 1. The molecule has 0 saturated carbocycles. The van der Waals surface area contributed by atoms with Gasteiger partial charge in [0.15, 0.2) is 0 Å². The largest absolute Gasteiger partial charge is 0.309 e. The Morgan fingerprint density at radius 2 is 1.47 bits per heavy atom. The average Bonchev–Trinajstić information content (AvgIpc) is 3.25. The molecule has 32 heavy (non-hydrogen) atoms. The summed E-state index contributed by atoms with van der Waals surface area (Å²) in [6.45, 7) is 11.7. The fourth-order valence-corrected chi connectivity index (χ4v) is 5.64. The van der Waals surface area contributed by atoms with E-state index in [0.717, 1.165) is 0 Å². The van der Waals surface area contributed by atoms with Crippen LogP contribution >= 0.6 is 0 Å². The summed E-state index contributed by atoms with van der Waals surface area (Å²) < 4.78 is 2.49. The molecule has 5 aromatic rings. The first kappa shape index (κ1) is 19.4. The molecule has 1 aliphatic carbocycles. The molecule has 1 heteroatoms. The first-order chi connectivity index (χ1) is 15.3. The van der Waals surface area contributed by atoms with Crippen molar-refractivity contribution in [3.63, 3.8) is 0 Å². The Morgan fingerprint density at radius 3 is 2.22 bits per heavy atom. The smallest absolute Gasteiger partial charge is 0.0585 e. The van der Waals surface area contributed by atoms with Gasteiger partial charge in [-0.1, -0.05) is 101 Å². The van der Waals surface area contributed by atoms with Crippen LogP contribution in [0.1, 0.15) is 51.3 Å². The highest BCUT2D eigenvalue weighted by Crippen LogP contribution is 2.55. The van der Waals surface area contributed by atoms with Gasteiger partial charge in [-0.2, -0.15) is 0 Å². The zero-order valence-corrected chi connectivity index (χ0v) is 19.5. The first-order valence-corrected chi connectivity index (χ1v) is 11.6. The van der Waals surface area contributed by atoms with Crippen molar-refractivity contribution < 1.29 is 0 Å². The van der Waals surface area contributed by atoms with Crippen molar-refractivity contribution in [2.75, 3.05) is 0 Å². The Hall–Kier alpha value is -3.32. The van der Waals surface area contributed by atoms with Crippen molar-refractivity contribution in [1.82, 2.24) is 4.57 Å². The van der Waals surface area contributed by atoms with Crippen LogP contribution in [0.25, 0.3) is 38.6 Å². The third-order valence-electron chi connectivity index (χ3n) is 7.31. The summed E-state index contributed by atoms with van der Waals surface area (Å²) in [5, 5.41) is 4.03. The summed E-state index contributed by atoms with van der Waals surface area (Å²) in [4.78, 5) is 0. The lowest BCUT2D eigenvalue weighted by atomic mass is 9.78. The number of nitrogens with zero attached hydrogens (tertiary/aromatic N) is 1. The molecule has 0 saturated heterocycles. The van der Waals surface area contributed by atoms with Crippen LogP contribution in [0.4, 0.5) is 0 Å². The molecule has 0 N–H and O–H groups in total. The van der Waals surface area contributed by atoms with Gasteiger partial charge in [0, 0.05) is 22.1 Å². The van der Waals surface area contributed by atoms with E-state index in [9.17, 15) is 0 Å². The van der Waals surface area contributed by atoms with Crippen LogP contribution in [-0.2, 0) is 10.8 Å². The van der Waals surface area contributed by atoms with E-state index in [4.69, 9.17) is 0 Å². The van der Waals surface area contributed by atoms with Gasteiger partial charge < -0.3 is 4.57 Å². The number of hydrogen-bond acceptors (Lipinski definition) is 0. The number of para-hydroxylation sites is 1. The SMILES string of the molecule is CC(C)(C)c1ccc2c(c1)C(C)(C)c1c-2n(-c2ccccc2)c2ccc3ccccc3c12. The molecular weight excluding hydrogens is 386 g/mol. The molecule has 1 nitrogen and oxygen atoms in total. The van der Waals surface area contributed by atoms with Crippen molar-refractivity contribution in [1.29, 1.82) is 0 Å². The third kappa shape index (κ3) is 2.51. The van der Waals surface area contributed by atoms with Gasteiger partial charge in [0.2, 0.25) is 0 Å². The molecule has 158 valence electrons. The highest BCUT2D eigenvalue weighted by molar-refractivity contribution is 6.13. The van der Waals surface area contributed by atoms with Crippen LogP contribution in [0.3, 0.4) is 0 Å². The normalized spacial score (nSPS) is 14.7. The molecule has 0 radical (unpaired) electrons. The molecule has 0 aliphatic heterocycles. The maximum absolute atomic E-state index is 2.49. The molecule has 1 aromatic heterocycles. The van der Waals surface area contributed by atoms with E-state index >= 15 is 0 Å². The predicted molar refractivity (Wildman–Crippen MR) is 137 cm³/mol. The van der Waals surface area contributed by atoms with Gasteiger partial charge in [-0.05, 0) is 51.1 Å². The second kappa shape index (κ2) is 6.36. The van der Waals surface area contributed by atoms with Crippen molar-refractivity contribution in [2.45, 2.75) is 45.4 Å². The lowest BCUT2D eigenvalue weighted by Crippen LogP contribution is -2.17. The van der Waals surface area contributed by atoms with E-state index in [0.29, 0.717) is 0 Å². The molecule has 6 rings (SSSR count). The molecule has 0 amide bonds. The average molecular weight is 416 g/mol. The monoisotopic (exact) mass is 415 g/mol. The van der Waals surface area contributed by atoms with E-state index in [1.165, 1.54) is 55.3 Å². The quantitative estimate of drug-likeness (QED) is 0.259. The molecule has 1 heterocycles. The maximum Gasteiger partial charge on any atom is 0.0585 e. The highest BCUT2D eigenvalue weighted by atomic mass is 15.0. The summed E-state index contributed by atoms with van der Waals surface area (Å²) in [7, 11) is 0. The second-order valence-corrected chi connectivity index (χ2v) is 10.7. The van der Waals surface area contributed by atoms with Crippen molar-refractivity contribution in [3.05, 3.63) is 102 Å². The molecule has 0 unspecified atom stereocenters. The Kier molecular flexibility index (Phi) is 3.85. The fourth-order valence-electron chi connectivity index (χ4n) is 5.64. The van der Waals surface area contributed by atoms with Crippen molar-refractivity contribution in [3.8, 4) is 16.9 Å². The highest BCUT2D eigenvalue weighted by Gasteiger charge is 2.41. The summed E-state index contributed by atoms with van der Waals surface area (Å²) in [5.41, 5.74) is 9.57. The van der Waals surface area contributed by atoms with E-state index in [1.807, 2.05) is 0 Å². The molecule has 1 aliphatic rings. The second-order valence-electron chi connectivity index (χ2n) is 10.7. The maximum atomic E-state index is 2.49. The molecule has 0 spiro atoms. The number of aromatic nitrogens is 1. The van der Waals surface area contributed by atoms with Crippen LogP contribution in [0.2, 0.25) is 0 Å². The summed E-state index contributed by atoms with van der Waals surface area (Å²) in [6.07, 6.45) is 0. The number of benzene rings is 4. The van der Waals surface area contributed by atoms with Gasteiger partial charge in [-0.15, -0.1) is 0 Å². The van der Waals surface area contributed by atoms with Crippen LogP contribution in [0.15, 0.2) is 84.9 Å². The number of fused-ring (bicyclic) bond motifs is 7. The van der Waals surface area contributed by atoms with Gasteiger partial charge in [0.05, 0.1) is 11.2 Å². The fraction of sp³-hybridized carbons (Fsp3) is 0.226. The van der Waals surface area contributed by atoms with Crippen LogP contribution < -0.4 is 0 Å². The summed E-state index contributed by atoms with van der Waals surface area (Å²) in [5.74, 6) is 0. The van der Waals surface area contributed by atoms with Crippen LogP contribution in [-0.4, -0.2) is 4.57 Å². The Labute approximate surface area is 190 Å². The van der Waals surface area contributed by atoms with Crippen LogP contribution in [0, 0.1) is 0 Å². The third-order valence-corrected chi connectivity index (χ3v) is 7.31. The first-order valence-electron chi connectivity index (χ1n) is 11.6. The van der Waals surface area contributed by atoms with Gasteiger partial charge in [-0.25, -0.2) is 0 Å². The van der Waals surface area contributed by atoms with Gasteiger partial charge >= 0.3 is 0 Å². The lowest BCUT2D eigenvalue weighted by molar-refractivity contribution is 0.585. The number of hydrogen-bond donors (Lipinski definition) is 0. The topological polar surface area (TPSA) is 4.93 Å². The van der Waals surface area contributed by atoms with Crippen LogP contribution in [0.5, 0.6) is 0 Å². The summed E-state index contributed by atoms with van der Waals surface area (Å²) >= 11 is 0. The van der Waals surface area contributed by atoms with Gasteiger partial charge in [0.1, 0.15) is 0 Å². The minimum atomic E-state index is -0.0751. The van der Waals surface area contributed by atoms with Crippen molar-refractivity contribution in [2.24, 2.45) is 0 Å². The van der Waals surface area contributed by atoms with Gasteiger partial charge in [0.25, 0.3) is 0 Å². The molecule has 0 atom stereocenters. The Balaban J connectivity index is 1.81. The van der Waals surface area contributed by atoms with Gasteiger partial charge in [-0.3, -0.25) is 0 Å². The molecular formula is C31H29N. The standard InChI is InChI=1S/C31H29N/c1-30(2,3)21-16-17-24-25(19-21)31(4,5)28-27-23-14-10-9-11-20(23)15-18-26(27)32(29(24)28)22-12-7-6-8-13-22/h6-19H,1-5H3. The van der Waals surface area contributed by atoms with E-state index in [1.54, 1.807) is 0 Å².